The molecule has 1 N–H and O–H groups in total. The molecular formula is C24H23N3O5S2. The van der Waals surface area contributed by atoms with Crippen LogP contribution < -0.4 is 19.7 Å². The Kier molecular flexibility index (Phi) is 6.63. The normalized spacial score (nSPS) is 17.5. The van der Waals surface area contributed by atoms with Crippen molar-refractivity contribution in [3.8, 4) is 11.5 Å². The van der Waals surface area contributed by atoms with Crippen LogP contribution in [0.3, 0.4) is 0 Å². The number of nitrogens with zero attached hydrogens (tertiary/aromatic N) is 2. The van der Waals surface area contributed by atoms with E-state index in [2.05, 4.69) is 5.32 Å². The second-order valence-corrected chi connectivity index (χ2v) is 9.51. The number of carbonyl (C=O) groups is 3. The van der Waals surface area contributed by atoms with E-state index in [-0.39, 0.29) is 29.0 Å². The number of anilines is 2. The van der Waals surface area contributed by atoms with E-state index < -0.39 is 11.8 Å². The van der Waals surface area contributed by atoms with Gasteiger partial charge in [-0.3, -0.25) is 24.2 Å². The van der Waals surface area contributed by atoms with E-state index in [9.17, 15) is 14.4 Å². The molecule has 8 nitrogen and oxygen atoms in total. The molecule has 0 unspecified atom stereocenters. The van der Waals surface area contributed by atoms with Gasteiger partial charge < -0.3 is 14.8 Å². The Morgan fingerprint density at radius 3 is 2.47 bits per heavy atom. The highest BCUT2D eigenvalue weighted by molar-refractivity contribution is 8.26. The van der Waals surface area contributed by atoms with E-state index >= 15 is 0 Å². The fourth-order valence-corrected chi connectivity index (χ4v) is 5.46. The molecule has 0 aliphatic carbocycles. The van der Waals surface area contributed by atoms with Gasteiger partial charge in [0.05, 0.1) is 36.1 Å². The van der Waals surface area contributed by atoms with E-state index in [1.54, 1.807) is 42.5 Å². The van der Waals surface area contributed by atoms with Crippen LogP contribution in [0.4, 0.5) is 11.4 Å². The number of hydrogen-bond donors (Lipinski definition) is 1. The minimum absolute atomic E-state index is 0.126. The second kappa shape index (κ2) is 9.47. The lowest BCUT2D eigenvalue weighted by Gasteiger charge is -2.18. The smallest absolute Gasteiger partial charge is 0.267 e. The molecule has 3 amide bonds. The molecule has 2 aliphatic heterocycles. The van der Waals surface area contributed by atoms with Crippen LogP contribution >= 0.6 is 24.0 Å². The first-order valence-corrected chi connectivity index (χ1v) is 11.7. The monoisotopic (exact) mass is 497 g/mol. The lowest BCUT2D eigenvalue weighted by Crippen LogP contribution is -2.36. The van der Waals surface area contributed by atoms with E-state index in [1.807, 2.05) is 13.8 Å². The van der Waals surface area contributed by atoms with Gasteiger partial charge in [0.2, 0.25) is 5.91 Å². The molecule has 176 valence electrons. The van der Waals surface area contributed by atoms with Crippen LogP contribution in [0.15, 0.2) is 47.4 Å². The van der Waals surface area contributed by atoms with Crippen LogP contribution in [0.1, 0.15) is 19.4 Å². The molecule has 0 atom stereocenters. The SMILES string of the molecule is COc1ccc(NC(=O)CN2C(=O)C(=C3SC(=S)N(C(C)C)C3=O)c3ccccc32)c(OC)c1. The van der Waals surface area contributed by atoms with Crippen molar-refractivity contribution in [1.29, 1.82) is 0 Å². The summed E-state index contributed by atoms with van der Waals surface area (Å²) in [5.74, 6) is -0.108. The topological polar surface area (TPSA) is 88.2 Å². The van der Waals surface area contributed by atoms with E-state index in [1.165, 1.54) is 24.0 Å². The molecule has 0 bridgehead atoms. The molecule has 2 aromatic rings. The zero-order valence-electron chi connectivity index (χ0n) is 19.1. The first kappa shape index (κ1) is 23.8. The summed E-state index contributed by atoms with van der Waals surface area (Å²) in [6.45, 7) is 3.50. The van der Waals surface area contributed by atoms with Crippen LogP contribution in [0, 0.1) is 0 Å². The quantitative estimate of drug-likeness (QED) is 0.481. The molecular weight excluding hydrogens is 474 g/mol. The average Bonchev–Trinajstić information content (AvgIpc) is 3.26. The highest BCUT2D eigenvalue weighted by Gasteiger charge is 2.43. The number of amides is 3. The van der Waals surface area contributed by atoms with Crippen molar-refractivity contribution in [1.82, 2.24) is 4.90 Å². The third-order valence-electron chi connectivity index (χ3n) is 5.45. The maximum Gasteiger partial charge on any atom is 0.267 e. The summed E-state index contributed by atoms with van der Waals surface area (Å²) < 4.78 is 10.9. The highest BCUT2D eigenvalue weighted by atomic mass is 32.2. The van der Waals surface area contributed by atoms with Crippen LogP contribution in [0.25, 0.3) is 5.57 Å². The summed E-state index contributed by atoms with van der Waals surface area (Å²) in [4.78, 5) is 42.7. The van der Waals surface area contributed by atoms with Crippen molar-refractivity contribution in [3.63, 3.8) is 0 Å². The van der Waals surface area contributed by atoms with E-state index in [0.717, 1.165) is 11.8 Å². The second-order valence-electron chi connectivity index (χ2n) is 7.86. The van der Waals surface area contributed by atoms with Gasteiger partial charge in [-0.1, -0.05) is 42.2 Å². The minimum atomic E-state index is -0.415. The fourth-order valence-electron chi connectivity index (χ4n) is 3.87. The number of rotatable bonds is 6. The van der Waals surface area contributed by atoms with Crippen molar-refractivity contribution < 1.29 is 23.9 Å². The molecule has 4 rings (SSSR count). The van der Waals surface area contributed by atoms with Crippen molar-refractivity contribution in [2.75, 3.05) is 31.0 Å². The van der Waals surface area contributed by atoms with Crippen molar-refractivity contribution >= 4 is 63.0 Å². The van der Waals surface area contributed by atoms with Gasteiger partial charge in [-0.25, -0.2) is 0 Å². The zero-order chi connectivity index (χ0) is 24.6. The summed E-state index contributed by atoms with van der Waals surface area (Å²) in [5, 5.41) is 2.78. The van der Waals surface area contributed by atoms with Gasteiger partial charge >= 0.3 is 0 Å². The highest BCUT2D eigenvalue weighted by Crippen LogP contribution is 2.45. The van der Waals surface area contributed by atoms with E-state index in [4.69, 9.17) is 21.7 Å². The van der Waals surface area contributed by atoms with Crippen LogP contribution in [-0.4, -0.2) is 53.7 Å². The Morgan fingerprint density at radius 1 is 1.09 bits per heavy atom. The summed E-state index contributed by atoms with van der Waals surface area (Å²) >= 11 is 6.50. The zero-order valence-corrected chi connectivity index (χ0v) is 20.7. The van der Waals surface area contributed by atoms with Gasteiger partial charge in [0.1, 0.15) is 22.4 Å². The largest absolute Gasteiger partial charge is 0.497 e. The molecule has 0 radical (unpaired) electrons. The molecule has 0 spiro atoms. The third-order valence-corrected chi connectivity index (χ3v) is 6.85. The first-order valence-electron chi connectivity index (χ1n) is 10.5. The fraction of sp³-hybridized carbons (Fsp3) is 0.250. The predicted molar refractivity (Wildman–Crippen MR) is 136 cm³/mol. The lowest BCUT2D eigenvalue weighted by atomic mass is 10.1. The summed E-state index contributed by atoms with van der Waals surface area (Å²) in [6, 6.07) is 12.0. The van der Waals surface area contributed by atoms with Crippen LogP contribution in [0.5, 0.6) is 11.5 Å². The van der Waals surface area contributed by atoms with Gasteiger partial charge in [0.15, 0.2) is 0 Å². The summed E-state index contributed by atoms with van der Waals surface area (Å²) in [7, 11) is 3.03. The Balaban J connectivity index is 1.64. The number of ether oxygens (including phenoxy) is 2. The van der Waals surface area contributed by atoms with Crippen molar-refractivity contribution in [3.05, 3.63) is 52.9 Å². The molecule has 1 fully saturated rings. The standard InChI is InChI=1S/C24H23N3O5S2/c1-13(2)27-23(30)21(34-24(27)33)20-15-7-5-6-8-17(15)26(22(20)29)12-19(28)25-16-10-9-14(31-3)11-18(16)32-4/h5-11,13H,12H2,1-4H3,(H,25,28). The lowest BCUT2D eigenvalue weighted by molar-refractivity contribution is -0.123. The van der Waals surface area contributed by atoms with Gasteiger partial charge in [-0.2, -0.15) is 0 Å². The Bertz CT molecular complexity index is 1240. The predicted octanol–water partition coefficient (Wildman–Crippen LogP) is 3.67. The molecule has 1 saturated heterocycles. The first-order chi connectivity index (χ1) is 16.3. The molecule has 2 heterocycles. The van der Waals surface area contributed by atoms with Crippen molar-refractivity contribution in [2.24, 2.45) is 0 Å². The molecule has 2 aliphatic rings. The van der Waals surface area contributed by atoms with Gasteiger partial charge in [-0.15, -0.1) is 0 Å². The van der Waals surface area contributed by atoms with Gasteiger partial charge in [0, 0.05) is 17.7 Å². The summed E-state index contributed by atoms with van der Waals surface area (Å²) in [5.41, 5.74) is 1.89. The number of para-hydroxylation sites is 1. The Hall–Kier alpha value is -3.37. The number of nitrogens with one attached hydrogen (secondary N) is 1. The summed E-state index contributed by atoms with van der Waals surface area (Å²) in [6.07, 6.45) is 0. The Labute approximate surface area is 206 Å². The number of thiocarbonyl (C=S) groups is 1. The maximum atomic E-state index is 13.5. The molecule has 0 aromatic heterocycles. The molecule has 10 heteroatoms. The molecule has 0 saturated carbocycles. The van der Waals surface area contributed by atoms with Crippen molar-refractivity contribution in [2.45, 2.75) is 19.9 Å². The number of benzene rings is 2. The number of fused-ring (bicyclic) bond motifs is 1. The van der Waals surface area contributed by atoms with Crippen LogP contribution in [0.2, 0.25) is 0 Å². The van der Waals surface area contributed by atoms with E-state index in [0.29, 0.717) is 32.8 Å². The Morgan fingerprint density at radius 2 is 1.82 bits per heavy atom. The van der Waals surface area contributed by atoms with Gasteiger partial charge in [-0.05, 0) is 32.0 Å². The maximum absolute atomic E-state index is 13.5. The third kappa shape index (κ3) is 4.14. The molecule has 34 heavy (non-hydrogen) atoms. The number of hydrogen-bond acceptors (Lipinski definition) is 7. The number of carbonyl (C=O) groups excluding carboxylic acids is 3. The van der Waals surface area contributed by atoms with Crippen LogP contribution in [-0.2, 0) is 14.4 Å². The molecule has 2 aromatic carbocycles. The van der Waals surface area contributed by atoms with Gasteiger partial charge in [0.25, 0.3) is 11.8 Å². The average molecular weight is 498 g/mol. The number of thioether (sulfide) groups is 1. The minimum Gasteiger partial charge on any atom is -0.497 e. The number of methoxy groups -OCH3 is 2.